The van der Waals surface area contributed by atoms with Gasteiger partial charge in [-0.05, 0) is 32.4 Å². The Morgan fingerprint density at radius 2 is 2.00 bits per heavy atom. The number of aromatic nitrogens is 2. The van der Waals surface area contributed by atoms with Crippen LogP contribution in [0.2, 0.25) is 0 Å². The van der Waals surface area contributed by atoms with Gasteiger partial charge in [-0.15, -0.1) is 0 Å². The molecule has 1 aromatic heterocycles. The van der Waals surface area contributed by atoms with Crippen LogP contribution in [-0.2, 0) is 6.42 Å². The molecule has 3 nitrogen and oxygen atoms in total. The van der Waals surface area contributed by atoms with E-state index in [1.807, 2.05) is 6.20 Å². The van der Waals surface area contributed by atoms with Gasteiger partial charge in [0.1, 0.15) is 5.82 Å². The molecule has 0 bridgehead atoms. The molecule has 92 valence electrons. The number of hydrogen-bond donors (Lipinski definition) is 2. The van der Waals surface area contributed by atoms with Crippen molar-refractivity contribution < 1.29 is 0 Å². The minimum atomic E-state index is 1.10. The molecule has 2 heterocycles. The third-order valence-electron chi connectivity index (χ3n) is 2.78. The minimum absolute atomic E-state index is 1.10. The number of aromatic amines is 1. The van der Waals surface area contributed by atoms with E-state index in [1.165, 1.54) is 51.6 Å². The van der Waals surface area contributed by atoms with Crippen molar-refractivity contribution in [3.05, 3.63) is 18.2 Å². The average molecular weight is 223 g/mol. The summed E-state index contributed by atoms with van der Waals surface area (Å²) in [6, 6.07) is 0. The number of rotatable bonds is 4. The van der Waals surface area contributed by atoms with Gasteiger partial charge in [0.05, 0.1) is 0 Å². The van der Waals surface area contributed by atoms with Crippen molar-refractivity contribution in [3.8, 4) is 0 Å². The van der Waals surface area contributed by atoms with Crippen molar-refractivity contribution in [2.75, 3.05) is 13.1 Å². The molecule has 0 unspecified atom stereocenters. The summed E-state index contributed by atoms with van der Waals surface area (Å²) in [5.74, 6) is 1.12. The van der Waals surface area contributed by atoms with Crippen LogP contribution < -0.4 is 5.32 Å². The third-order valence-corrected chi connectivity index (χ3v) is 2.78. The van der Waals surface area contributed by atoms with Gasteiger partial charge in [-0.1, -0.05) is 26.2 Å². The Balaban J connectivity index is 0.000000181. The summed E-state index contributed by atoms with van der Waals surface area (Å²) in [5.41, 5.74) is 0. The molecule has 0 atom stereocenters. The molecular formula is C13H25N3. The monoisotopic (exact) mass is 223 g/mol. The summed E-state index contributed by atoms with van der Waals surface area (Å²) in [6.07, 6.45) is 12.8. The molecule has 1 aromatic rings. The number of piperidine rings is 1. The molecule has 2 N–H and O–H groups in total. The molecule has 0 amide bonds. The number of nitrogens with one attached hydrogen (secondary N) is 2. The number of unbranched alkanes of at least 4 members (excludes halogenated alkanes) is 2. The van der Waals surface area contributed by atoms with Crippen LogP contribution in [0.15, 0.2) is 12.4 Å². The maximum absolute atomic E-state index is 4.13. The molecule has 0 aliphatic carbocycles. The van der Waals surface area contributed by atoms with Crippen molar-refractivity contribution in [1.82, 2.24) is 15.3 Å². The molecule has 1 aliphatic heterocycles. The average Bonchev–Trinajstić information content (AvgIpc) is 2.86. The highest BCUT2D eigenvalue weighted by Crippen LogP contribution is 2.00. The van der Waals surface area contributed by atoms with E-state index in [4.69, 9.17) is 0 Å². The Kier molecular flexibility index (Phi) is 7.78. The molecule has 1 saturated heterocycles. The van der Waals surface area contributed by atoms with Gasteiger partial charge in [-0.25, -0.2) is 4.98 Å². The Bertz CT molecular complexity index is 216. The fourth-order valence-electron chi connectivity index (χ4n) is 1.78. The second-order valence-corrected chi connectivity index (χ2v) is 4.30. The minimum Gasteiger partial charge on any atom is -0.349 e. The molecule has 0 saturated carbocycles. The molecule has 16 heavy (non-hydrogen) atoms. The molecule has 1 aliphatic rings. The first-order valence-corrected chi connectivity index (χ1v) is 6.62. The van der Waals surface area contributed by atoms with E-state index < -0.39 is 0 Å². The molecule has 0 spiro atoms. The highest BCUT2D eigenvalue weighted by molar-refractivity contribution is 4.86. The van der Waals surface area contributed by atoms with E-state index in [0.717, 1.165) is 12.2 Å². The first-order chi connectivity index (χ1) is 7.93. The molecule has 0 radical (unpaired) electrons. The van der Waals surface area contributed by atoms with Crippen LogP contribution in [0.1, 0.15) is 51.3 Å². The fraction of sp³-hybridized carbons (Fsp3) is 0.769. The van der Waals surface area contributed by atoms with E-state index in [-0.39, 0.29) is 0 Å². The maximum atomic E-state index is 4.13. The fourth-order valence-corrected chi connectivity index (χ4v) is 1.78. The van der Waals surface area contributed by atoms with Crippen LogP contribution >= 0.6 is 0 Å². The SMILES string of the molecule is C1CCNCC1.CCCCCc1ncc[nH]1. The number of H-pyrrole nitrogens is 1. The summed E-state index contributed by atoms with van der Waals surface area (Å²) in [6.45, 7) is 4.71. The molecular weight excluding hydrogens is 198 g/mol. The first-order valence-electron chi connectivity index (χ1n) is 6.62. The number of nitrogens with zero attached hydrogens (tertiary/aromatic N) is 1. The number of hydrogen-bond acceptors (Lipinski definition) is 2. The standard InChI is InChI=1S/C8H14N2.C5H11N/c1-2-3-4-5-8-9-6-7-10-8;1-2-4-6-5-3-1/h6-7H,2-5H2,1H3,(H,9,10);6H,1-5H2. The van der Waals surface area contributed by atoms with E-state index in [9.17, 15) is 0 Å². The first kappa shape index (κ1) is 13.2. The van der Waals surface area contributed by atoms with Crippen LogP contribution in [0.25, 0.3) is 0 Å². The molecule has 3 heteroatoms. The van der Waals surface area contributed by atoms with Gasteiger partial charge < -0.3 is 10.3 Å². The zero-order chi connectivity index (χ0) is 11.5. The van der Waals surface area contributed by atoms with Crippen LogP contribution in [0, 0.1) is 0 Å². The number of imidazole rings is 1. The Morgan fingerprint density at radius 3 is 2.44 bits per heavy atom. The molecule has 1 fully saturated rings. The quantitative estimate of drug-likeness (QED) is 0.771. The van der Waals surface area contributed by atoms with Gasteiger partial charge in [0.25, 0.3) is 0 Å². The smallest absolute Gasteiger partial charge is 0.105 e. The summed E-state index contributed by atoms with van der Waals surface area (Å²) in [5, 5.41) is 3.28. The van der Waals surface area contributed by atoms with Crippen LogP contribution in [0.3, 0.4) is 0 Å². The lowest BCUT2D eigenvalue weighted by atomic mass is 10.2. The third kappa shape index (κ3) is 6.62. The topological polar surface area (TPSA) is 40.7 Å². The Hall–Kier alpha value is -0.830. The highest BCUT2D eigenvalue weighted by Gasteiger charge is 1.93. The van der Waals surface area contributed by atoms with Crippen molar-refractivity contribution in [3.63, 3.8) is 0 Å². The van der Waals surface area contributed by atoms with Gasteiger partial charge in [-0.3, -0.25) is 0 Å². The van der Waals surface area contributed by atoms with Gasteiger partial charge in [0, 0.05) is 18.8 Å². The largest absolute Gasteiger partial charge is 0.349 e. The van der Waals surface area contributed by atoms with Gasteiger partial charge in [0.15, 0.2) is 0 Å². The van der Waals surface area contributed by atoms with Crippen molar-refractivity contribution >= 4 is 0 Å². The van der Waals surface area contributed by atoms with E-state index in [1.54, 1.807) is 6.20 Å². The Labute approximate surface area is 99.1 Å². The summed E-state index contributed by atoms with van der Waals surface area (Å²) in [7, 11) is 0. The van der Waals surface area contributed by atoms with Crippen LogP contribution in [0.4, 0.5) is 0 Å². The number of aryl methyl sites for hydroxylation is 1. The zero-order valence-corrected chi connectivity index (χ0v) is 10.5. The summed E-state index contributed by atoms with van der Waals surface area (Å²) < 4.78 is 0. The van der Waals surface area contributed by atoms with Crippen molar-refractivity contribution in [1.29, 1.82) is 0 Å². The molecule has 2 rings (SSSR count). The zero-order valence-electron chi connectivity index (χ0n) is 10.5. The van der Waals surface area contributed by atoms with Crippen LogP contribution in [-0.4, -0.2) is 23.1 Å². The Morgan fingerprint density at radius 1 is 1.19 bits per heavy atom. The van der Waals surface area contributed by atoms with E-state index in [0.29, 0.717) is 0 Å². The molecule has 0 aromatic carbocycles. The van der Waals surface area contributed by atoms with E-state index in [2.05, 4.69) is 22.2 Å². The normalized spacial score (nSPS) is 15.3. The van der Waals surface area contributed by atoms with Crippen molar-refractivity contribution in [2.24, 2.45) is 0 Å². The lowest BCUT2D eigenvalue weighted by molar-refractivity contribution is 0.520. The summed E-state index contributed by atoms with van der Waals surface area (Å²) >= 11 is 0. The summed E-state index contributed by atoms with van der Waals surface area (Å²) in [4.78, 5) is 7.22. The van der Waals surface area contributed by atoms with E-state index >= 15 is 0 Å². The van der Waals surface area contributed by atoms with Crippen LogP contribution in [0.5, 0.6) is 0 Å². The van der Waals surface area contributed by atoms with Gasteiger partial charge in [-0.2, -0.15) is 0 Å². The van der Waals surface area contributed by atoms with Gasteiger partial charge in [0.2, 0.25) is 0 Å². The second kappa shape index (κ2) is 9.40. The maximum Gasteiger partial charge on any atom is 0.105 e. The predicted molar refractivity (Wildman–Crippen MR) is 68.5 cm³/mol. The second-order valence-electron chi connectivity index (χ2n) is 4.30. The lowest BCUT2D eigenvalue weighted by Gasteiger charge is -2.08. The van der Waals surface area contributed by atoms with Crippen molar-refractivity contribution in [2.45, 2.75) is 51.9 Å². The predicted octanol–water partition coefficient (Wildman–Crippen LogP) is 2.90. The van der Waals surface area contributed by atoms with Gasteiger partial charge >= 0.3 is 0 Å². The lowest BCUT2D eigenvalue weighted by Crippen LogP contribution is -2.21. The highest BCUT2D eigenvalue weighted by atomic mass is 14.9.